The number of rotatable bonds is 6. The Morgan fingerprint density at radius 2 is 2.00 bits per heavy atom. The van der Waals surface area contributed by atoms with E-state index in [4.69, 9.17) is 13.9 Å². The number of esters is 2. The van der Waals surface area contributed by atoms with Crippen LogP contribution in [0.1, 0.15) is 30.8 Å². The van der Waals surface area contributed by atoms with Gasteiger partial charge >= 0.3 is 18.0 Å². The molecule has 0 radical (unpaired) electrons. The van der Waals surface area contributed by atoms with Crippen molar-refractivity contribution in [1.82, 2.24) is 10.6 Å². The maximum atomic E-state index is 12.2. The second kappa shape index (κ2) is 8.00. The highest BCUT2D eigenvalue weighted by atomic mass is 79.9. The number of ether oxygens (including phenoxy) is 2. The van der Waals surface area contributed by atoms with Crippen LogP contribution < -0.4 is 10.6 Å². The average molecular weight is 401 g/mol. The van der Waals surface area contributed by atoms with E-state index in [1.54, 1.807) is 13.0 Å². The topological polar surface area (TPSA) is 107 Å². The lowest BCUT2D eigenvalue weighted by Crippen LogP contribution is -2.51. The molecule has 0 saturated carbocycles. The first-order chi connectivity index (χ1) is 11.5. The van der Waals surface area contributed by atoms with E-state index in [1.165, 1.54) is 6.07 Å². The van der Waals surface area contributed by atoms with Gasteiger partial charge in [0.2, 0.25) is 5.76 Å². The molecule has 0 aromatic carbocycles. The van der Waals surface area contributed by atoms with Gasteiger partial charge in [-0.3, -0.25) is 0 Å². The van der Waals surface area contributed by atoms with Crippen LogP contribution in [0.2, 0.25) is 0 Å². The number of furan rings is 1. The zero-order chi connectivity index (χ0) is 17.7. The molecule has 9 heteroatoms. The zero-order valence-electron chi connectivity index (χ0n) is 13.2. The number of hydrogen-bond acceptors (Lipinski definition) is 6. The molecule has 1 unspecified atom stereocenters. The van der Waals surface area contributed by atoms with Crippen molar-refractivity contribution in [2.45, 2.75) is 26.3 Å². The van der Waals surface area contributed by atoms with Crippen molar-refractivity contribution < 1.29 is 28.3 Å². The third kappa shape index (κ3) is 4.16. The van der Waals surface area contributed by atoms with Gasteiger partial charge in [0.1, 0.15) is 6.61 Å². The van der Waals surface area contributed by atoms with Crippen molar-refractivity contribution >= 4 is 33.9 Å². The van der Waals surface area contributed by atoms with Crippen molar-refractivity contribution in [3.05, 3.63) is 33.8 Å². The molecule has 8 nitrogen and oxygen atoms in total. The summed E-state index contributed by atoms with van der Waals surface area (Å²) in [6, 6.07) is 2.02. The first-order valence-electron chi connectivity index (χ1n) is 7.36. The predicted octanol–water partition coefficient (Wildman–Crippen LogP) is 2.11. The van der Waals surface area contributed by atoms with Gasteiger partial charge in [-0.25, -0.2) is 14.4 Å². The maximum absolute atomic E-state index is 12.2. The van der Waals surface area contributed by atoms with Crippen molar-refractivity contribution in [2.75, 3.05) is 13.2 Å². The van der Waals surface area contributed by atoms with Crippen LogP contribution in [-0.4, -0.2) is 37.2 Å². The van der Waals surface area contributed by atoms with Gasteiger partial charge in [-0.2, -0.15) is 0 Å². The fourth-order valence-electron chi connectivity index (χ4n) is 2.21. The minimum Gasteiger partial charge on any atom is -0.463 e. The molecule has 0 spiro atoms. The fraction of sp³-hybridized carbons (Fsp3) is 0.400. The minimum atomic E-state index is -0.711. The van der Waals surface area contributed by atoms with E-state index in [1.807, 2.05) is 6.92 Å². The van der Waals surface area contributed by atoms with Gasteiger partial charge in [0.15, 0.2) is 4.67 Å². The monoisotopic (exact) mass is 400 g/mol. The van der Waals surface area contributed by atoms with Gasteiger partial charge in [-0.1, -0.05) is 6.92 Å². The largest absolute Gasteiger partial charge is 0.463 e. The highest BCUT2D eigenvalue weighted by molar-refractivity contribution is 9.10. The Morgan fingerprint density at radius 3 is 2.58 bits per heavy atom. The molecule has 1 aromatic rings. The molecule has 24 heavy (non-hydrogen) atoms. The number of carbonyl (C=O) groups is 3. The smallest absolute Gasteiger partial charge is 0.374 e. The van der Waals surface area contributed by atoms with Gasteiger partial charge in [0.05, 0.1) is 23.9 Å². The number of hydrogen-bond donors (Lipinski definition) is 2. The highest BCUT2D eigenvalue weighted by Crippen LogP contribution is 2.19. The Hall–Kier alpha value is -2.29. The van der Waals surface area contributed by atoms with Crippen LogP contribution in [0.3, 0.4) is 0 Å². The van der Waals surface area contributed by atoms with Crippen LogP contribution in [0.25, 0.3) is 0 Å². The van der Waals surface area contributed by atoms with E-state index in [0.717, 1.165) is 0 Å². The summed E-state index contributed by atoms with van der Waals surface area (Å²) in [7, 11) is 0. The Kier molecular flexibility index (Phi) is 6.02. The minimum absolute atomic E-state index is 0.00691. The maximum Gasteiger partial charge on any atom is 0.374 e. The van der Waals surface area contributed by atoms with Crippen LogP contribution in [0, 0.1) is 0 Å². The molecule has 1 aromatic heterocycles. The molecule has 0 saturated heterocycles. The van der Waals surface area contributed by atoms with E-state index in [2.05, 4.69) is 26.6 Å². The number of halogens is 1. The number of amides is 2. The van der Waals surface area contributed by atoms with Crippen molar-refractivity contribution in [1.29, 1.82) is 0 Å². The van der Waals surface area contributed by atoms with E-state index in [0.29, 0.717) is 11.1 Å². The lowest BCUT2D eigenvalue weighted by molar-refractivity contribution is -0.139. The standard InChI is InChI=1S/C15H17BrN2O6/c1-3-8-12(14(20)22-4-2)9(18-15(21)17-8)7-23-13(19)10-5-6-11(16)24-10/h5-6,8H,3-4,7H2,1-2H3,(H2,17,18,21). The van der Waals surface area contributed by atoms with Gasteiger partial charge in [0, 0.05) is 0 Å². The normalized spacial score (nSPS) is 17.1. The summed E-state index contributed by atoms with van der Waals surface area (Å²) in [5.41, 5.74) is 0.440. The predicted molar refractivity (Wildman–Crippen MR) is 86.1 cm³/mol. The van der Waals surface area contributed by atoms with Gasteiger partial charge in [-0.15, -0.1) is 0 Å². The molecular weight excluding hydrogens is 384 g/mol. The van der Waals surface area contributed by atoms with Crippen molar-refractivity contribution in [3.63, 3.8) is 0 Å². The molecule has 130 valence electrons. The van der Waals surface area contributed by atoms with Gasteiger partial charge < -0.3 is 24.5 Å². The van der Waals surface area contributed by atoms with Crippen LogP contribution >= 0.6 is 15.9 Å². The number of carbonyl (C=O) groups excluding carboxylic acids is 3. The first kappa shape index (κ1) is 18.1. The second-order valence-corrected chi connectivity index (χ2v) is 5.63. The Balaban J connectivity index is 2.19. The zero-order valence-corrected chi connectivity index (χ0v) is 14.8. The quantitative estimate of drug-likeness (QED) is 0.708. The Labute approximate surface area is 146 Å². The SMILES string of the molecule is CCOC(=O)C1=C(COC(=O)c2ccc(Br)o2)NC(=O)NC1CC. The molecule has 2 N–H and O–H groups in total. The summed E-state index contributed by atoms with van der Waals surface area (Å²) in [5.74, 6) is -1.27. The number of nitrogens with one attached hydrogen (secondary N) is 2. The highest BCUT2D eigenvalue weighted by Gasteiger charge is 2.32. The summed E-state index contributed by atoms with van der Waals surface area (Å²) in [4.78, 5) is 35.8. The summed E-state index contributed by atoms with van der Waals surface area (Å²) < 4.78 is 15.6. The molecule has 1 aliphatic rings. The van der Waals surface area contributed by atoms with Crippen LogP contribution in [-0.2, 0) is 14.3 Å². The van der Waals surface area contributed by atoms with E-state index in [-0.39, 0.29) is 30.2 Å². The van der Waals surface area contributed by atoms with Crippen molar-refractivity contribution in [3.8, 4) is 0 Å². The van der Waals surface area contributed by atoms with E-state index >= 15 is 0 Å². The van der Waals surface area contributed by atoms with Gasteiger partial charge in [0.25, 0.3) is 0 Å². The Bertz CT molecular complexity index is 681. The summed E-state index contributed by atoms with van der Waals surface area (Å²) in [6.45, 7) is 3.41. The molecule has 0 aliphatic carbocycles. The lowest BCUT2D eigenvalue weighted by atomic mass is 10.0. The molecule has 0 fully saturated rings. The summed E-state index contributed by atoms with van der Waals surface area (Å²) >= 11 is 3.09. The van der Waals surface area contributed by atoms with Crippen LogP contribution in [0.4, 0.5) is 4.79 Å². The molecule has 0 bridgehead atoms. The third-order valence-corrected chi connectivity index (χ3v) is 3.70. The molecule has 2 heterocycles. The van der Waals surface area contributed by atoms with E-state index in [9.17, 15) is 14.4 Å². The summed E-state index contributed by atoms with van der Waals surface area (Å²) in [5, 5.41) is 5.13. The average Bonchev–Trinajstić information content (AvgIpc) is 2.98. The van der Waals surface area contributed by atoms with Gasteiger partial charge in [-0.05, 0) is 41.4 Å². The molecule has 2 rings (SSSR count). The molecular formula is C15H17BrN2O6. The Morgan fingerprint density at radius 1 is 1.25 bits per heavy atom. The third-order valence-electron chi connectivity index (χ3n) is 3.27. The first-order valence-corrected chi connectivity index (χ1v) is 8.15. The van der Waals surface area contributed by atoms with Crippen molar-refractivity contribution in [2.24, 2.45) is 0 Å². The lowest BCUT2D eigenvalue weighted by Gasteiger charge is -2.28. The van der Waals surface area contributed by atoms with Crippen LogP contribution in [0.5, 0.6) is 0 Å². The fourth-order valence-corrected chi connectivity index (χ4v) is 2.51. The van der Waals surface area contributed by atoms with Crippen LogP contribution in [0.15, 0.2) is 32.5 Å². The second-order valence-electron chi connectivity index (χ2n) is 4.85. The number of urea groups is 1. The molecule has 1 atom stereocenters. The molecule has 1 aliphatic heterocycles. The summed E-state index contributed by atoms with van der Waals surface area (Å²) in [6.07, 6.45) is 0.490. The van der Waals surface area contributed by atoms with E-state index < -0.39 is 24.0 Å². The molecule has 2 amide bonds.